The Bertz CT molecular complexity index is 417. The summed E-state index contributed by atoms with van der Waals surface area (Å²) in [7, 11) is -3.31. The third-order valence-electron chi connectivity index (χ3n) is 3.40. The van der Waals surface area contributed by atoms with Crippen molar-refractivity contribution >= 4 is 13.5 Å². The van der Waals surface area contributed by atoms with Gasteiger partial charge in [-0.1, -0.05) is 44.8 Å². The Morgan fingerprint density at radius 3 is 2.17 bits per heavy atom. The predicted octanol–water partition coefficient (Wildman–Crippen LogP) is 4.14. The van der Waals surface area contributed by atoms with E-state index in [1.165, 1.54) is 6.66 Å². The van der Waals surface area contributed by atoms with Crippen molar-refractivity contribution in [3.63, 3.8) is 0 Å². The number of amides is 1. The van der Waals surface area contributed by atoms with Crippen LogP contribution in [-0.2, 0) is 13.9 Å². The number of hydrogen-bond donors (Lipinski definition) is 1. The topological polar surface area (TPSA) is 66.8 Å². The molecule has 0 aromatic heterocycles. The van der Waals surface area contributed by atoms with Crippen molar-refractivity contribution in [3.05, 3.63) is 24.8 Å². The van der Waals surface area contributed by atoms with Crippen LogP contribution in [0.1, 0.15) is 51.9 Å². The van der Waals surface area contributed by atoms with Crippen molar-refractivity contribution in [3.8, 4) is 0 Å². The number of carbonyl (C=O) groups excluding carboxylic acids is 1. The highest BCUT2D eigenvalue weighted by Gasteiger charge is 2.11. The van der Waals surface area contributed by atoms with E-state index in [9.17, 15) is 9.36 Å². The van der Waals surface area contributed by atoms with Gasteiger partial charge in [-0.05, 0) is 19.8 Å². The van der Waals surface area contributed by atoms with Crippen LogP contribution in [0.4, 0.5) is 0 Å². The van der Waals surface area contributed by atoms with E-state index in [0.717, 1.165) is 51.5 Å². The number of nitrogens with zero attached hydrogens (tertiary/aromatic N) is 1. The number of unbranched alkanes of at least 4 members (excludes halogenated alkanes) is 6. The highest BCUT2D eigenvalue weighted by molar-refractivity contribution is 7.51. The van der Waals surface area contributed by atoms with Crippen LogP contribution in [0.25, 0.3) is 0 Å². The third-order valence-corrected chi connectivity index (χ3v) is 4.07. The van der Waals surface area contributed by atoms with Crippen LogP contribution in [0.15, 0.2) is 24.8 Å². The smallest absolute Gasteiger partial charge is 0.325 e. The largest absolute Gasteiger partial charge is 0.335 e. The highest BCUT2D eigenvalue weighted by Crippen LogP contribution is 2.36. The highest BCUT2D eigenvalue weighted by atomic mass is 31.2. The van der Waals surface area contributed by atoms with Crippen LogP contribution in [0.2, 0.25) is 0 Å². The molecule has 0 aromatic carbocycles. The molecule has 0 fully saturated rings. The Morgan fingerprint density at radius 1 is 1.17 bits per heavy atom. The standard InChI is InChI=1S/C17H32NO4P/c1-5-13-18(17(19)16(2)3)14-11-9-7-6-8-10-12-15-22-23(4,20)21/h5H,1-2,6-15H2,3-4H3,(H,20,21). The summed E-state index contributed by atoms with van der Waals surface area (Å²) in [6.45, 7) is 12.0. The van der Waals surface area contributed by atoms with Crippen LogP contribution in [0, 0.1) is 0 Å². The molecule has 0 aliphatic rings. The molecule has 23 heavy (non-hydrogen) atoms. The lowest BCUT2D eigenvalue weighted by Crippen LogP contribution is -2.32. The first-order valence-electron chi connectivity index (χ1n) is 8.28. The van der Waals surface area contributed by atoms with Crippen molar-refractivity contribution in [2.75, 3.05) is 26.4 Å². The molecule has 6 heteroatoms. The second kappa shape index (κ2) is 12.5. The maximum Gasteiger partial charge on any atom is 0.325 e. The first kappa shape index (κ1) is 22.1. The summed E-state index contributed by atoms with van der Waals surface area (Å²) >= 11 is 0. The van der Waals surface area contributed by atoms with Crippen molar-refractivity contribution in [2.24, 2.45) is 0 Å². The van der Waals surface area contributed by atoms with E-state index in [-0.39, 0.29) is 5.91 Å². The lowest BCUT2D eigenvalue weighted by Gasteiger charge is -2.21. The van der Waals surface area contributed by atoms with Gasteiger partial charge in [-0.15, -0.1) is 6.58 Å². The van der Waals surface area contributed by atoms with Crippen molar-refractivity contribution < 1.29 is 18.8 Å². The van der Waals surface area contributed by atoms with Gasteiger partial charge in [0, 0.05) is 25.3 Å². The van der Waals surface area contributed by atoms with E-state index in [4.69, 9.17) is 9.42 Å². The summed E-state index contributed by atoms with van der Waals surface area (Å²) < 4.78 is 15.7. The number of hydrogen-bond acceptors (Lipinski definition) is 3. The molecule has 0 aliphatic heterocycles. The lowest BCUT2D eigenvalue weighted by molar-refractivity contribution is -0.126. The van der Waals surface area contributed by atoms with E-state index >= 15 is 0 Å². The second-order valence-electron chi connectivity index (χ2n) is 5.93. The fourth-order valence-corrected chi connectivity index (χ4v) is 2.69. The first-order valence-corrected chi connectivity index (χ1v) is 10.3. The Labute approximate surface area is 140 Å². The van der Waals surface area contributed by atoms with Gasteiger partial charge in [0.25, 0.3) is 0 Å². The molecule has 0 radical (unpaired) electrons. The van der Waals surface area contributed by atoms with Gasteiger partial charge in [0.05, 0.1) is 6.61 Å². The SMILES string of the molecule is C=CCN(CCCCCCCCCOP(C)(=O)O)C(=O)C(=C)C. The Kier molecular flexibility index (Phi) is 12.0. The van der Waals surface area contributed by atoms with Gasteiger partial charge < -0.3 is 14.3 Å². The molecule has 1 N–H and O–H groups in total. The molecule has 0 rings (SSSR count). The minimum atomic E-state index is -3.31. The zero-order valence-corrected chi connectivity index (χ0v) is 15.5. The third kappa shape index (κ3) is 13.3. The van der Waals surface area contributed by atoms with Gasteiger partial charge in [-0.2, -0.15) is 0 Å². The Balaban J connectivity index is 3.60. The van der Waals surface area contributed by atoms with E-state index in [1.807, 2.05) is 0 Å². The Morgan fingerprint density at radius 2 is 1.70 bits per heavy atom. The van der Waals surface area contributed by atoms with Gasteiger partial charge >= 0.3 is 7.60 Å². The molecule has 0 saturated carbocycles. The van der Waals surface area contributed by atoms with Crippen molar-refractivity contribution in [2.45, 2.75) is 51.9 Å². The van der Waals surface area contributed by atoms with Crippen molar-refractivity contribution in [1.29, 1.82) is 0 Å². The zero-order valence-electron chi connectivity index (χ0n) is 14.6. The maximum atomic E-state index is 11.9. The molecule has 1 unspecified atom stereocenters. The summed E-state index contributed by atoms with van der Waals surface area (Å²) in [5.74, 6) is 0.00185. The second-order valence-corrected chi connectivity index (χ2v) is 7.80. The molecule has 0 aliphatic carbocycles. The quantitative estimate of drug-likeness (QED) is 0.222. The van der Waals surface area contributed by atoms with Gasteiger partial charge in [-0.25, -0.2) is 0 Å². The first-order chi connectivity index (χ1) is 10.8. The maximum absolute atomic E-state index is 11.9. The van der Waals surface area contributed by atoms with Crippen LogP contribution in [0.3, 0.4) is 0 Å². The number of carbonyl (C=O) groups is 1. The van der Waals surface area contributed by atoms with Crippen LogP contribution < -0.4 is 0 Å². The van der Waals surface area contributed by atoms with Gasteiger partial charge in [0.15, 0.2) is 0 Å². The van der Waals surface area contributed by atoms with E-state index in [1.54, 1.807) is 17.9 Å². The molecular weight excluding hydrogens is 313 g/mol. The average Bonchev–Trinajstić information content (AvgIpc) is 2.46. The van der Waals surface area contributed by atoms with E-state index < -0.39 is 7.60 Å². The van der Waals surface area contributed by atoms with Gasteiger partial charge in [0.2, 0.25) is 5.91 Å². The lowest BCUT2D eigenvalue weighted by atomic mass is 10.1. The summed E-state index contributed by atoms with van der Waals surface area (Å²) in [5, 5.41) is 0. The molecule has 0 aromatic rings. The minimum absolute atomic E-state index is 0.00185. The molecule has 0 spiro atoms. The number of rotatable bonds is 14. The van der Waals surface area contributed by atoms with Crippen LogP contribution in [-0.4, -0.2) is 42.1 Å². The van der Waals surface area contributed by atoms with Gasteiger partial charge in [-0.3, -0.25) is 9.36 Å². The molecule has 5 nitrogen and oxygen atoms in total. The Hall–Kier alpha value is -0.900. The van der Waals surface area contributed by atoms with Crippen LogP contribution in [0.5, 0.6) is 0 Å². The molecular formula is C17H32NO4P. The fourth-order valence-electron chi connectivity index (χ4n) is 2.22. The predicted molar refractivity (Wildman–Crippen MR) is 95.6 cm³/mol. The normalized spacial score (nSPS) is 13.3. The molecule has 1 amide bonds. The van der Waals surface area contributed by atoms with Crippen molar-refractivity contribution in [1.82, 2.24) is 4.90 Å². The summed E-state index contributed by atoms with van der Waals surface area (Å²) in [6.07, 6.45) is 9.02. The zero-order chi connectivity index (χ0) is 17.7. The fraction of sp³-hybridized carbons (Fsp3) is 0.706. The summed E-state index contributed by atoms with van der Waals surface area (Å²) in [4.78, 5) is 22.6. The summed E-state index contributed by atoms with van der Waals surface area (Å²) in [5.41, 5.74) is 0.563. The average molecular weight is 345 g/mol. The molecule has 0 bridgehead atoms. The van der Waals surface area contributed by atoms with Crippen LogP contribution >= 0.6 is 7.60 Å². The van der Waals surface area contributed by atoms with Gasteiger partial charge in [0.1, 0.15) is 0 Å². The molecule has 134 valence electrons. The monoisotopic (exact) mass is 345 g/mol. The molecule has 0 saturated heterocycles. The van der Waals surface area contributed by atoms with E-state index in [2.05, 4.69) is 13.2 Å². The summed E-state index contributed by atoms with van der Waals surface area (Å²) in [6, 6.07) is 0. The molecule has 0 heterocycles. The molecule has 1 atom stereocenters. The minimum Gasteiger partial charge on any atom is -0.335 e. The van der Waals surface area contributed by atoms with E-state index in [0.29, 0.717) is 18.7 Å².